The average molecular weight is 293 g/mol. The maximum absolute atomic E-state index is 12.8. The summed E-state index contributed by atoms with van der Waals surface area (Å²) < 4.78 is 0. The Morgan fingerprint density at radius 1 is 1.14 bits per heavy atom. The smallest absolute Gasteiger partial charge is 0.155 e. The van der Waals surface area contributed by atoms with Crippen molar-refractivity contribution in [3.05, 3.63) is 0 Å². The van der Waals surface area contributed by atoms with Crippen LogP contribution in [0.1, 0.15) is 86.5 Å². The second kappa shape index (κ2) is 5.68. The summed E-state index contributed by atoms with van der Waals surface area (Å²) in [6.45, 7) is 12.6. The standard InChI is InChI=1S/C19H35NO/c1-17(2,3)16(21)15(20-18(4,5)6)9-12-19-10-7-14(13-19)8-11-19/h14-15,20H,7-13H2,1-6H3. The minimum Gasteiger partial charge on any atom is -0.303 e. The lowest BCUT2D eigenvalue weighted by molar-refractivity contribution is -0.129. The largest absolute Gasteiger partial charge is 0.303 e. The zero-order valence-electron chi connectivity index (χ0n) is 15.0. The van der Waals surface area contributed by atoms with Crippen molar-refractivity contribution in [1.82, 2.24) is 5.32 Å². The molecule has 2 aliphatic carbocycles. The molecule has 122 valence electrons. The van der Waals surface area contributed by atoms with Gasteiger partial charge in [-0.15, -0.1) is 0 Å². The third-order valence-electron chi connectivity index (χ3n) is 5.51. The van der Waals surface area contributed by atoms with E-state index in [4.69, 9.17) is 0 Å². The van der Waals surface area contributed by atoms with Crippen molar-refractivity contribution in [2.45, 2.75) is 98.1 Å². The lowest BCUT2D eigenvalue weighted by Gasteiger charge is -2.34. The lowest BCUT2D eigenvalue weighted by atomic mass is 9.76. The van der Waals surface area contributed by atoms with Gasteiger partial charge in [0.05, 0.1) is 6.04 Å². The Kier molecular flexibility index (Phi) is 4.60. The minimum absolute atomic E-state index is 0.00285. The van der Waals surface area contributed by atoms with Crippen molar-refractivity contribution in [3.8, 4) is 0 Å². The van der Waals surface area contributed by atoms with Gasteiger partial charge in [-0.1, -0.05) is 20.8 Å². The lowest BCUT2D eigenvalue weighted by Crippen LogP contribution is -2.51. The van der Waals surface area contributed by atoms with Gasteiger partial charge in [-0.2, -0.15) is 0 Å². The molecule has 2 nitrogen and oxygen atoms in total. The molecule has 21 heavy (non-hydrogen) atoms. The number of hydrogen-bond acceptors (Lipinski definition) is 2. The van der Waals surface area contributed by atoms with Gasteiger partial charge in [0.25, 0.3) is 0 Å². The highest BCUT2D eigenvalue weighted by Gasteiger charge is 2.45. The highest BCUT2D eigenvalue weighted by molar-refractivity contribution is 5.88. The molecule has 2 saturated carbocycles. The van der Waals surface area contributed by atoms with Crippen molar-refractivity contribution in [1.29, 1.82) is 0 Å². The first kappa shape index (κ1) is 17.0. The van der Waals surface area contributed by atoms with E-state index in [1.54, 1.807) is 0 Å². The molecule has 0 aliphatic heterocycles. The highest BCUT2D eigenvalue weighted by atomic mass is 16.1. The molecule has 2 bridgehead atoms. The van der Waals surface area contributed by atoms with Crippen molar-refractivity contribution < 1.29 is 4.79 Å². The van der Waals surface area contributed by atoms with E-state index in [1.165, 1.54) is 38.5 Å². The number of nitrogens with one attached hydrogen (secondary N) is 1. The van der Waals surface area contributed by atoms with Crippen LogP contribution in [0.5, 0.6) is 0 Å². The van der Waals surface area contributed by atoms with Gasteiger partial charge in [0.15, 0.2) is 5.78 Å². The van der Waals surface area contributed by atoms with Crippen LogP contribution in [0.3, 0.4) is 0 Å². The Labute approximate surface area is 131 Å². The molecule has 1 unspecified atom stereocenters. The van der Waals surface area contributed by atoms with E-state index in [1.807, 2.05) is 20.8 Å². The zero-order chi connectivity index (χ0) is 15.9. The number of Topliss-reactive ketones (excluding diaryl/α,β-unsaturated/α-hetero) is 1. The van der Waals surface area contributed by atoms with Crippen molar-refractivity contribution >= 4 is 5.78 Å². The van der Waals surface area contributed by atoms with Crippen molar-refractivity contribution in [2.75, 3.05) is 0 Å². The molecule has 0 heterocycles. The SMILES string of the molecule is CC(C)(C)NC(CCC12CCC(CC1)C2)C(=O)C(C)(C)C. The van der Waals surface area contributed by atoms with E-state index in [2.05, 4.69) is 26.1 Å². The predicted molar refractivity (Wildman–Crippen MR) is 89.4 cm³/mol. The highest BCUT2D eigenvalue weighted by Crippen LogP contribution is 2.56. The van der Waals surface area contributed by atoms with E-state index >= 15 is 0 Å². The van der Waals surface area contributed by atoms with Gasteiger partial charge < -0.3 is 5.32 Å². The molecule has 0 saturated heterocycles. The molecule has 0 aromatic rings. The summed E-state index contributed by atoms with van der Waals surface area (Å²) in [5, 5.41) is 3.59. The molecule has 0 amide bonds. The van der Waals surface area contributed by atoms with Crippen LogP contribution in [0.4, 0.5) is 0 Å². The third kappa shape index (κ3) is 4.31. The quantitative estimate of drug-likeness (QED) is 0.794. The van der Waals surface area contributed by atoms with Gasteiger partial charge in [-0.05, 0) is 77.0 Å². The van der Waals surface area contributed by atoms with Crippen LogP contribution >= 0.6 is 0 Å². The molecule has 0 spiro atoms. The maximum atomic E-state index is 12.8. The molecule has 2 rings (SSSR count). The summed E-state index contributed by atoms with van der Waals surface area (Å²) >= 11 is 0. The van der Waals surface area contributed by atoms with Crippen LogP contribution in [-0.2, 0) is 4.79 Å². The normalized spacial score (nSPS) is 30.7. The summed E-state index contributed by atoms with van der Waals surface area (Å²) in [5.74, 6) is 1.37. The number of carbonyl (C=O) groups is 1. The van der Waals surface area contributed by atoms with Crippen molar-refractivity contribution in [3.63, 3.8) is 0 Å². The van der Waals surface area contributed by atoms with Gasteiger partial charge in [0.1, 0.15) is 0 Å². The second-order valence-electron chi connectivity index (χ2n) is 9.75. The summed E-state index contributed by atoms with van der Waals surface area (Å²) in [7, 11) is 0. The van der Waals surface area contributed by atoms with Crippen molar-refractivity contribution in [2.24, 2.45) is 16.7 Å². The first-order valence-corrected chi connectivity index (χ1v) is 8.83. The number of carbonyl (C=O) groups excluding carboxylic acids is 1. The van der Waals surface area contributed by atoms with Gasteiger partial charge in [-0.3, -0.25) is 4.79 Å². The van der Waals surface area contributed by atoms with Gasteiger partial charge >= 0.3 is 0 Å². The fourth-order valence-corrected chi connectivity index (χ4v) is 4.43. The first-order chi connectivity index (χ1) is 9.51. The Balaban J connectivity index is 2.00. The van der Waals surface area contributed by atoms with E-state index in [0.29, 0.717) is 11.2 Å². The fourth-order valence-electron chi connectivity index (χ4n) is 4.43. The Hall–Kier alpha value is -0.370. The summed E-state index contributed by atoms with van der Waals surface area (Å²) in [4.78, 5) is 12.8. The predicted octanol–water partition coefficient (Wildman–Crippen LogP) is 4.72. The number of rotatable bonds is 5. The second-order valence-corrected chi connectivity index (χ2v) is 9.75. The molecular formula is C19H35NO. The molecule has 2 aliphatic rings. The van der Waals surface area contributed by atoms with Crippen LogP contribution in [-0.4, -0.2) is 17.4 Å². The molecule has 0 radical (unpaired) electrons. The summed E-state index contributed by atoms with van der Waals surface area (Å²) in [6, 6.07) is 0.0130. The number of ketones is 1. The topological polar surface area (TPSA) is 29.1 Å². The molecule has 0 aromatic carbocycles. The van der Waals surface area contributed by atoms with Crippen LogP contribution in [0.2, 0.25) is 0 Å². The van der Waals surface area contributed by atoms with E-state index in [-0.39, 0.29) is 17.0 Å². The van der Waals surface area contributed by atoms with Crippen LogP contribution in [0.25, 0.3) is 0 Å². The Morgan fingerprint density at radius 2 is 1.71 bits per heavy atom. The third-order valence-corrected chi connectivity index (χ3v) is 5.51. The zero-order valence-corrected chi connectivity index (χ0v) is 15.0. The van der Waals surface area contributed by atoms with E-state index in [9.17, 15) is 4.79 Å². The monoisotopic (exact) mass is 293 g/mol. The molecule has 1 N–H and O–H groups in total. The first-order valence-electron chi connectivity index (χ1n) is 8.83. The van der Waals surface area contributed by atoms with Crippen LogP contribution < -0.4 is 5.32 Å². The molecule has 2 heteroatoms. The Bertz CT molecular complexity index is 377. The number of fused-ring (bicyclic) bond motifs is 2. The van der Waals surface area contributed by atoms with Gasteiger partial charge in [0.2, 0.25) is 0 Å². The summed E-state index contributed by atoms with van der Waals surface area (Å²) in [5.41, 5.74) is 0.326. The molecule has 0 aromatic heterocycles. The van der Waals surface area contributed by atoms with Gasteiger partial charge in [-0.25, -0.2) is 0 Å². The number of hydrogen-bond donors (Lipinski definition) is 1. The summed E-state index contributed by atoms with van der Waals surface area (Å²) in [6.07, 6.45) is 9.36. The van der Waals surface area contributed by atoms with Crippen LogP contribution in [0, 0.1) is 16.7 Å². The Morgan fingerprint density at radius 3 is 2.10 bits per heavy atom. The van der Waals surface area contributed by atoms with E-state index < -0.39 is 0 Å². The van der Waals surface area contributed by atoms with E-state index in [0.717, 1.165) is 12.3 Å². The average Bonchev–Trinajstić information content (AvgIpc) is 2.91. The molecule has 2 fully saturated rings. The van der Waals surface area contributed by atoms with Gasteiger partial charge in [0, 0.05) is 11.0 Å². The fraction of sp³-hybridized carbons (Fsp3) is 0.947. The minimum atomic E-state index is -0.255. The maximum Gasteiger partial charge on any atom is 0.155 e. The van der Waals surface area contributed by atoms with Crippen LogP contribution in [0.15, 0.2) is 0 Å². The molecule has 1 atom stereocenters. The molecular weight excluding hydrogens is 258 g/mol.